The lowest BCUT2D eigenvalue weighted by Crippen LogP contribution is -2.16. The van der Waals surface area contributed by atoms with Crippen LogP contribution >= 0.6 is 0 Å². The number of para-hydroxylation sites is 2. The van der Waals surface area contributed by atoms with Crippen molar-refractivity contribution in [2.45, 2.75) is 25.2 Å². The Morgan fingerprint density at radius 1 is 0.386 bits per heavy atom. The highest BCUT2D eigenvalue weighted by atomic mass is 16.3. The highest BCUT2D eigenvalue weighted by Crippen LogP contribution is 2.52. The van der Waals surface area contributed by atoms with Crippen LogP contribution < -0.4 is 0 Å². The monoisotopic (exact) mass is 728 g/mol. The van der Waals surface area contributed by atoms with Gasteiger partial charge in [-0.2, -0.15) is 0 Å². The second kappa shape index (κ2) is 13.1. The Labute approximate surface area is 333 Å². The molecule has 1 atom stereocenters. The average molecular weight is 729 g/mol. The first kappa shape index (κ1) is 33.4. The Morgan fingerprint density at radius 3 is 1.79 bits per heavy atom. The van der Waals surface area contributed by atoms with E-state index in [2.05, 4.69) is 208 Å². The quantitative estimate of drug-likeness (QED) is 0.155. The van der Waals surface area contributed by atoms with Gasteiger partial charge in [0.05, 0.1) is 0 Å². The first-order chi connectivity index (χ1) is 28.0. The van der Waals surface area contributed by atoms with Gasteiger partial charge >= 0.3 is 0 Å². The summed E-state index contributed by atoms with van der Waals surface area (Å²) in [7, 11) is 0. The predicted octanol–water partition coefficient (Wildman–Crippen LogP) is 15.2. The van der Waals surface area contributed by atoms with Crippen LogP contribution in [0.1, 0.15) is 47.6 Å². The summed E-state index contributed by atoms with van der Waals surface area (Å²) in [5.41, 5.74) is 18.1. The molecule has 0 saturated heterocycles. The molecule has 1 unspecified atom stereocenters. The molecule has 0 spiro atoms. The Balaban J connectivity index is 1.01. The van der Waals surface area contributed by atoms with Crippen LogP contribution in [0.2, 0.25) is 0 Å². The summed E-state index contributed by atoms with van der Waals surface area (Å²) in [5, 5.41) is 4.86. The van der Waals surface area contributed by atoms with Crippen LogP contribution in [0.25, 0.3) is 77.2 Å². The number of fused-ring (bicyclic) bond motifs is 7. The second-order valence-electron chi connectivity index (χ2n) is 16.0. The lowest BCUT2D eigenvalue weighted by Gasteiger charge is -2.25. The van der Waals surface area contributed by atoms with Gasteiger partial charge in [0.2, 0.25) is 0 Å². The lowest BCUT2D eigenvalue weighted by molar-refractivity contribution is 0.658. The van der Waals surface area contributed by atoms with Gasteiger partial charge in [-0.25, -0.2) is 0 Å². The summed E-state index contributed by atoms with van der Waals surface area (Å²) >= 11 is 0. The van der Waals surface area contributed by atoms with Crippen LogP contribution in [0.5, 0.6) is 0 Å². The van der Waals surface area contributed by atoms with Crippen molar-refractivity contribution < 1.29 is 4.42 Å². The molecule has 1 nitrogen and oxygen atoms in total. The van der Waals surface area contributed by atoms with Gasteiger partial charge in [0, 0.05) is 27.7 Å². The van der Waals surface area contributed by atoms with Crippen molar-refractivity contribution in [3.63, 3.8) is 0 Å². The molecule has 1 heterocycles. The lowest BCUT2D eigenvalue weighted by atomic mass is 9.78. The molecule has 0 radical (unpaired) electrons. The third kappa shape index (κ3) is 5.46. The summed E-state index contributed by atoms with van der Waals surface area (Å²) < 4.78 is 6.48. The van der Waals surface area contributed by atoms with Crippen LogP contribution in [0.4, 0.5) is 0 Å². The van der Waals surface area contributed by atoms with E-state index in [1.807, 2.05) is 6.07 Å². The van der Waals surface area contributed by atoms with Crippen molar-refractivity contribution in [1.29, 1.82) is 0 Å². The Bertz CT molecular complexity index is 3140. The first-order valence-electron chi connectivity index (χ1n) is 19.9. The fourth-order valence-electron chi connectivity index (χ4n) is 9.51. The minimum absolute atomic E-state index is 0.0480. The van der Waals surface area contributed by atoms with E-state index in [0.717, 1.165) is 27.5 Å². The van der Waals surface area contributed by atoms with Gasteiger partial charge in [-0.1, -0.05) is 196 Å². The molecule has 1 aromatic heterocycles. The third-order valence-electron chi connectivity index (χ3n) is 12.4. The maximum Gasteiger partial charge on any atom is 0.143 e. The van der Waals surface area contributed by atoms with Gasteiger partial charge in [0.15, 0.2) is 0 Å². The van der Waals surface area contributed by atoms with E-state index in [0.29, 0.717) is 0 Å². The zero-order chi connectivity index (χ0) is 38.1. The molecule has 270 valence electrons. The predicted molar refractivity (Wildman–Crippen MR) is 239 cm³/mol. The minimum atomic E-state index is -0.199. The molecule has 0 saturated carbocycles. The van der Waals surface area contributed by atoms with Gasteiger partial charge in [0.1, 0.15) is 11.2 Å². The molecule has 57 heavy (non-hydrogen) atoms. The van der Waals surface area contributed by atoms with E-state index in [1.54, 1.807) is 0 Å². The molecular weight excluding hydrogens is 689 g/mol. The van der Waals surface area contributed by atoms with E-state index in [4.69, 9.17) is 4.42 Å². The van der Waals surface area contributed by atoms with E-state index >= 15 is 0 Å². The average Bonchev–Trinajstić information content (AvgIpc) is 3.76. The summed E-state index contributed by atoms with van der Waals surface area (Å²) in [6.45, 7) is 4.77. The van der Waals surface area contributed by atoms with Crippen molar-refractivity contribution in [3.8, 4) is 44.5 Å². The van der Waals surface area contributed by atoms with E-state index < -0.39 is 0 Å². The highest BCUT2D eigenvalue weighted by Gasteiger charge is 2.37. The fourth-order valence-corrected chi connectivity index (χ4v) is 9.51. The third-order valence-corrected chi connectivity index (χ3v) is 12.4. The van der Waals surface area contributed by atoms with Crippen molar-refractivity contribution in [3.05, 3.63) is 228 Å². The first-order valence-corrected chi connectivity index (χ1v) is 19.9. The zero-order valence-corrected chi connectivity index (χ0v) is 32.0. The summed E-state index contributed by atoms with van der Waals surface area (Å²) in [5.74, 6) is 0.0480. The van der Waals surface area contributed by atoms with Crippen molar-refractivity contribution in [2.75, 3.05) is 0 Å². The van der Waals surface area contributed by atoms with Crippen molar-refractivity contribution in [2.24, 2.45) is 0 Å². The maximum atomic E-state index is 6.48. The van der Waals surface area contributed by atoms with Crippen LogP contribution in [-0.4, -0.2) is 0 Å². The number of benzene rings is 9. The number of rotatable bonds is 6. The van der Waals surface area contributed by atoms with Gasteiger partial charge in [-0.3, -0.25) is 0 Å². The molecule has 0 bridgehead atoms. The van der Waals surface area contributed by atoms with Gasteiger partial charge < -0.3 is 4.42 Å². The molecule has 1 aliphatic carbocycles. The summed E-state index contributed by atoms with van der Waals surface area (Å²) in [6.07, 6.45) is 0. The minimum Gasteiger partial charge on any atom is -0.455 e. The number of furan rings is 1. The molecule has 0 N–H and O–H groups in total. The van der Waals surface area contributed by atoms with E-state index in [9.17, 15) is 0 Å². The van der Waals surface area contributed by atoms with E-state index in [1.165, 1.54) is 77.5 Å². The topological polar surface area (TPSA) is 13.1 Å². The highest BCUT2D eigenvalue weighted by molar-refractivity contribution is 6.09. The Morgan fingerprint density at radius 2 is 0.965 bits per heavy atom. The van der Waals surface area contributed by atoms with Crippen LogP contribution in [0, 0.1) is 0 Å². The maximum absolute atomic E-state index is 6.48. The normalized spacial score (nSPS) is 13.5. The molecule has 10 aromatic rings. The van der Waals surface area contributed by atoms with Gasteiger partial charge in [-0.15, -0.1) is 0 Å². The van der Waals surface area contributed by atoms with E-state index in [-0.39, 0.29) is 11.3 Å². The van der Waals surface area contributed by atoms with Crippen molar-refractivity contribution in [1.82, 2.24) is 0 Å². The van der Waals surface area contributed by atoms with Crippen LogP contribution in [0.3, 0.4) is 0 Å². The Hall–Kier alpha value is -6.96. The molecule has 1 heteroatoms. The fraction of sp³-hybridized carbons (Fsp3) is 0.0714. The SMILES string of the molecule is CC1(C)c2cc(-c3cccc4c3oc3ccccc34)ccc2-c2ccc(C(c3ccc(-c4cccc(-c5ccccc5)c4)cc3)c3cccc4ccccc34)cc21. The Kier molecular flexibility index (Phi) is 7.66. The smallest absolute Gasteiger partial charge is 0.143 e. The number of hydrogen-bond acceptors (Lipinski definition) is 1. The molecule has 0 aliphatic heterocycles. The zero-order valence-electron chi connectivity index (χ0n) is 32.0. The second-order valence-corrected chi connectivity index (χ2v) is 16.0. The molecule has 9 aromatic carbocycles. The largest absolute Gasteiger partial charge is 0.455 e. The van der Waals surface area contributed by atoms with Crippen molar-refractivity contribution >= 4 is 32.7 Å². The number of hydrogen-bond donors (Lipinski definition) is 0. The molecule has 1 aliphatic rings. The van der Waals surface area contributed by atoms with Gasteiger partial charge in [-0.05, 0) is 95.7 Å². The van der Waals surface area contributed by atoms with Gasteiger partial charge in [0.25, 0.3) is 0 Å². The molecule has 0 amide bonds. The van der Waals surface area contributed by atoms with Crippen LogP contribution in [-0.2, 0) is 5.41 Å². The summed E-state index contributed by atoms with van der Waals surface area (Å²) in [4.78, 5) is 0. The summed E-state index contributed by atoms with van der Waals surface area (Å²) in [6, 6.07) is 73.5. The van der Waals surface area contributed by atoms with Crippen LogP contribution in [0.15, 0.2) is 205 Å². The molecule has 11 rings (SSSR count). The standard InChI is InChI=1S/C56H40O/c1-56(2)51-34-42(45-21-12-23-50-48-20-8-9-24-53(48)57-55(45)50)29-31-46(51)47-32-30-43(35-52(47)56)54(49-22-11-16-38-15-6-7-19-44(38)49)39-27-25-37(26-28-39)41-18-10-17-40(33-41)36-13-4-3-5-14-36/h3-35,54H,1-2H3. The molecule has 0 fully saturated rings. The molecular formula is C56H40O.